The predicted molar refractivity (Wildman–Crippen MR) is 65.8 cm³/mol. The van der Waals surface area contributed by atoms with Gasteiger partial charge in [-0.05, 0) is 37.8 Å². The molecule has 0 bridgehead atoms. The Hall–Kier alpha value is -0.520. The molecule has 0 spiro atoms. The maximum absolute atomic E-state index is 5.18. The SMILES string of the molecule is C#CCNCCN1CCCC(C)(C)CC1. The first kappa shape index (κ1) is 12.5. The Morgan fingerprint density at radius 2 is 2.13 bits per heavy atom. The fourth-order valence-corrected chi connectivity index (χ4v) is 2.10. The highest BCUT2D eigenvalue weighted by molar-refractivity contribution is 4.86. The van der Waals surface area contributed by atoms with E-state index < -0.39 is 0 Å². The average Bonchev–Trinajstić information content (AvgIpc) is 2.35. The van der Waals surface area contributed by atoms with Crippen molar-refractivity contribution in [3.8, 4) is 12.3 Å². The summed E-state index contributed by atoms with van der Waals surface area (Å²) >= 11 is 0. The van der Waals surface area contributed by atoms with Gasteiger partial charge in [0.25, 0.3) is 0 Å². The molecule has 0 unspecified atom stereocenters. The van der Waals surface area contributed by atoms with Gasteiger partial charge in [0.2, 0.25) is 0 Å². The summed E-state index contributed by atoms with van der Waals surface area (Å²) < 4.78 is 0. The van der Waals surface area contributed by atoms with Gasteiger partial charge in [0.05, 0.1) is 6.54 Å². The molecular weight excluding hydrogens is 184 g/mol. The van der Waals surface area contributed by atoms with Crippen LogP contribution in [0.1, 0.15) is 33.1 Å². The largest absolute Gasteiger partial charge is 0.305 e. The van der Waals surface area contributed by atoms with Gasteiger partial charge in [0.15, 0.2) is 0 Å². The molecule has 1 heterocycles. The van der Waals surface area contributed by atoms with Crippen molar-refractivity contribution in [3.05, 3.63) is 0 Å². The molecule has 15 heavy (non-hydrogen) atoms. The van der Waals surface area contributed by atoms with E-state index in [1.807, 2.05) is 0 Å². The molecule has 0 aliphatic carbocycles. The van der Waals surface area contributed by atoms with Crippen molar-refractivity contribution < 1.29 is 0 Å². The van der Waals surface area contributed by atoms with Crippen LogP contribution in [-0.4, -0.2) is 37.6 Å². The molecule has 0 aromatic rings. The maximum atomic E-state index is 5.18. The standard InChI is InChI=1S/C13H24N2/c1-4-8-14-9-12-15-10-5-6-13(2,3)7-11-15/h1,14H,5-12H2,2-3H3. The maximum Gasteiger partial charge on any atom is 0.0574 e. The number of nitrogens with one attached hydrogen (secondary N) is 1. The summed E-state index contributed by atoms with van der Waals surface area (Å²) in [6, 6.07) is 0. The first-order chi connectivity index (χ1) is 7.14. The van der Waals surface area contributed by atoms with Crippen molar-refractivity contribution in [2.24, 2.45) is 5.41 Å². The molecule has 1 aliphatic heterocycles. The minimum atomic E-state index is 0.543. The quantitative estimate of drug-likeness (QED) is 0.559. The van der Waals surface area contributed by atoms with E-state index in [0.717, 1.165) is 13.1 Å². The number of hydrogen-bond acceptors (Lipinski definition) is 2. The zero-order valence-corrected chi connectivity index (χ0v) is 10.2. The second-order valence-electron chi connectivity index (χ2n) is 5.24. The summed E-state index contributed by atoms with van der Waals surface area (Å²) in [4.78, 5) is 2.55. The van der Waals surface area contributed by atoms with Gasteiger partial charge in [0, 0.05) is 13.1 Å². The van der Waals surface area contributed by atoms with E-state index in [0.29, 0.717) is 12.0 Å². The van der Waals surface area contributed by atoms with E-state index in [2.05, 4.69) is 30.0 Å². The Morgan fingerprint density at radius 1 is 1.33 bits per heavy atom. The van der Waals surface area contributed by atoms with Crippen molar-refractivity contribution in [3.63, 3.8) is 0 Å². The van der Waals surface area contributed by atoms with Crippen LogP contribution in [0.4, 0.5) is 0 Å². The van der Waals surface area contributed by atoms with Crippen molar-refractivity contribution in [1.29, 1.82) is 0 Å². The third-order valence-corrected chi connectivity index (χ3v) is 3.26. The van der Waals surface area contributed by atoms with E-state index in [1.165, 1.54) is 32.4 Å². The average molecular weight is 208 g/mol. The van der Waals surface area contributed by atoms with Crippen LogP contribution in [0, 0.1) is 17.8 Å². The first-order valence-electron chi connectivity index (χ1n) is 6.01. The molecule has 1 aliphatic rings. The van der Waals surface area contributed by atoms with Crippen LogP contribution in [0.5, 0.6) is 0 Å². The third kappa shape index (κ3) is 5.20. The monoisotopic (exact) mass is 208 g/mol. The number of terminal acetylenes is 1. The Morgan fingerprint density at radius 3 is 2.87 bits per heavy atom. The molecule has 0 saturated carbocycles. The van der Waals surface area contributed by atoms with Gasteiger partial charge in [-0.3, -0.25) is 0 Å². The lowest BCUT2D eigenvalue weighted by molar-refractivity contribution is 0.263. The molecule has 0 aromatic carbocycles. The molecule has 0 aromatic heterocycles. The fourth-order valence-electron chi connectivity index (χ4n) is 2.10. The van der Waals surface area contributed by atoms with Crippen LogP contribution in [-0.2, 0) is 0 Å². The molecule has 0 amide bonds. The van der Waals surface area contributed by atoms with Crippen LogP contribution < -0.4 is 5.32 Å². The van der Waals surface area contributed by atoms with Gasteiger partial charge in [0.1, 0.15) is 0 Å². The molecule has 2 heteroatoms. The lowest BCUT2D eigenvalue weighted by Crippen LogP contribution is -2.33. The Balaban J connectivity index is 2.18. The van der Waals surface area contributed by atoms with Gasteiger partial charge in [-0.2, -0.15) is 0 Å². The van der Waals surface area contributed by atoms with Crippen LogP contribution in [0.3, 0.4) is 0 Å². The minimum absolute atomic E-state index is 0.543. The second-order valence-corrected chi connectivity index (χ2v) is 5.24. The summed E-state index contributed by atoms with van der Waals surface area (Å²) in [5, 5.41) is 3.25. The second kappa shape index (κ2) is 6.15. The Bertz CT molecular complexity index is 215. The van der Waals surface area contributed by atoms with Gasteiger partial charge in [-0.25, -0.2) is 0 Å². The van der Waals surface area contributed by atoms with Crippen LogP contribution >= 0.6 is 0 Å². The molecule has 86 valence electrons. The van der Waals surface area contributed by atoms with Gasteiger partial charge in [-0.1, -0.05) is 19.8 Å². The van der Waals surface area contributed by atoms with Crippen molar-refractivity contribution in [1.82, 2.24) is 10.2 Å². The number of nitrogens with zero attached hydrogens (tertiary/aromatic N) is 1. The first-order valence-corrected chi connectivity index (χ1v) is 6.01. The molecule has 1 saturated heterocycles. The van der Waals surface area contributed by atoms with Crippen molar-refractivity contribution in [2.45, 2.75) is 33.1 Å². The Labute approximate surface area is 94.4 Å². The molecular formula is C13H24N2. The highest BCUT2D eigenvalue weighted by Gasteiger charge is 2.22. The highest BCUT2D eigenvalue weighted by Crippen LogP contribution is 2.29. The summed E-state index contributed by atoms with van der Waals surface area (Å²) in [7, 11) is 0. The minimum Gasteiger partial charge on any atom is -0.305 e. The zero-order chi connectivity index (χ0) is 11.1. The van der Waals surface area contributed by atoms with Gasteiger partial charge < -0.3 is 10.2 Å². The summed E-state index contributed by atoms with van der Waals surface area (Å²) in [6.07, 6.45) is 9.20. The fraction of sp³-hybridized carbons (Fsp3) is 0.846. The number of likely N-dealkylation sites (tertiary alicyclic amines) is 1. The van der Waals surface area contributed by atoms with Crippen LogP contribution in [0.15, 0.2) is 0 Å². The summed E-state index contributed by atoms with van der Waals surface area (Å²) in [5.74, 6) is 2.60. The Kier molecular flexibility index (Phi) is 5.14. The molecule has 1 N–H and O–H groups in total. The third-order valence-electron chi connectivity index (χ3n) is 3.26. The van der Waals surface area contributed by atoms with E-state index in [4.69, 9.17) is 6.42 Å². The van der Waals surface area contributed by atoms with Crippen LogP contribution in [0.25, 0.3) is 0 Å². The van der Waals surface area contributed by atoms with E-state index in [9.17, 15) is 0 Å². The van der Waals surface area contributed by atoms with Gasteiger partial charge in [-0.15, -0.1) is 6.42 Å². The number of rotatable bonds is 4. The van der Waals surface area contributed by atoms with Crippen molar-refractivity contribution in [2.75, 3.05) is 32.7 Å². The normalized spacial score (nSPS) is 21.9. The van der Waals surface area contributed by atoms with E-state index in [1.54, 1.807) is 0 Å². The summed E-state index contributed by atoms with van der Waals surface area (Å²) in [6.45, 7) is 10.1. The lowest BCUT2D eigenvalue weighted by atomic mass is 9.85. The lowest BCUT2D eigenvalue weighted by Gasteiger charge is -2.23. The highest BCUT2D eigenvalue weighted by atomic mass is 15.1. The smallest absolute Gasteiger partial charge is 0.0574 e. The summed E-state index contributed by atoms with van der Waals surface area (Å²) in [5.41, 5.74) is 0.543. The molecule has 0 radical (unpaired) electrons. The number of hydrogen-bond donors (Lipinski definition) is 1. The van der Waals surface area contributed by atoms with E-state index in [-0.39, 0.29) is 0 Å². The van der Waals surface area contributed by atoms with Crippen LogP contribution in [0.2, 0.25) is 0 Å². The molecule has 1 fully saturated rings. The molecule has 2 nitrogen and oxygen atoms in total. The molecule has 0 atom stereocenters. The topological polar surface area (TPSA) is 15.3 Å². The van der Waals surface area contributed by atoms with Gasteiger partial charge >= 0.3 is 0 Å². The van der Waals surface area contributed by atoms with Crippen molar-refractivity contribution >= 4 is 0 Å². The van der Waals surface area contributed by atoms with E-state index >= 15 is 0 Å². The molecule has 1 rings (SSSR count). The predicted octanol–water partition coefficient (Wildman–Crippen LogP) is 1.72. The zero-order valence-electron chi connectivity index (χ0n) is 10.2.